The number of methoxy groups -OCH3 is 1. The molecule has 0 unspecified atom stereocenters. The topological polar surface area (TPSA) is 143 Å². The Morgan fingerprint density at radius 2 is 1.68 bits per heavy atom. The molecule has 5 rings (SSSR count). The number of carboxylic acid groups (broad SMARTS) is 1. The Morgan fingerprint density at radius 3 is 2.36 bits per heavy atom. The molecule has 1 aliphatic heterocycles. The fraction of sp³-hybridized carbons (Fsp3) is 0.258. The van der Waals surface area contributed by atoms with Gasteiger partial charge in [-0.05, 0) is 93.5 Å². The van der Waals surface area contributed by atoms with Gasteiger partial charge in [0.1, 0.15) is 22.9 Å². The minimum Gasteiger partial charge on any atom is -0.493 e. The van der Waals surface area contributed by atoms with Crippen LogP contribution in [-0.2, 0) is 14.8 Å². The van der Waals surface area contributed by atoms with E-state index in [2.05, 4.69) is 32.0 Å². The first kappa shape index (κ1) is 32.2. The number of hydrogen-bond acceptors (Lipinski definition) is 9. The number of nitrogens with one attached hydrogen (secondary N) is 2. The number of aromatic nitrogens is 2. The number of halogens is 1. The van der Waals surface area contributed by atoms with E-state index in [1.54, 1.807) is 31.4 Å². The van der Waals surface area contributed by atoms with Crippen LogP contribution in [0.5, 0.6) is 11.5 Å². The molecule has 0 atom stereocenters. The van der Waals surface area contributed by atoms with Gasteiger partial charge in [-0.15, -0.1) is 0 Å². The third kappa shape index (κ3) is 8.64. The summed E-state index contributed by atoms with van der Waals surface area (Å²) >= 11 is 0. The Kier molecular flexibility index (Phi) is 11.1. The van der Waals surface area contributed by atoms with Crippen LogP contribution in [0, 0.1) is 11.7 Å². The Morgan fingerprint density at radius 1 is 1.00 bits per heavy atom. The van der Waals surface area contributed by atoms with E-state index < -0.39 is 20.7 Å². The summed E-state index contributed by atoms with van der Waals surface area (Å²) in [5.41, 5.74) is 2.51. The highest BCUT2D eigenvalue weighted by Gasteiger charge is 2.19. The van der Waals surface area contributed by atoms with E-state index in [-0.39, 0.29) is 6.47 Å². The number of piperidine rings is 1. The zero-order valence-corrected chi connectivity index (χ0v) is 25.1. The van der Waals surface area contributed by atoms with Crippen molar-refractivity contribution in [2.75, 3.05) is 43.9 Å². The molecular weight excluding hydrogens is 589 g/mol. The molecule has 4 aromatic rings. The van der Waals surface area contributed by atoms with Crippen molar-refractivity contribution in [3.8, 4) is 22.8 Å². The number of anilines is 3. The largest absolute Gasteiger partial charge is 0.493 e. The van der Waals surface area contributed by atoms with Crippen LogP contribution in [-0.4, -0.2) is 68.7 Å². The second kappa shape index (κ2) is 15.1. The van der Waals surface area contributed by atoms with Crippen molar-refractivity contribution in [1.82, 2.24) is 14.9 Å². The first-order valence-corrected chi connectivity index (χ1v) is 15.2. The van der Waals surface area contributed by atoms with Crippen molar-refractivity contribution in [2.24, 2.45) is 5.92 Å². The zero-order valence-electron chi connectivity index (χ0n) is 24.3. The molecule has 1 aromatic heterocycles. The first-order chi connectivity index (χ1) is 21.2. The van der Waals surface area contributed by atoms with Crippen molar-refractivity contribution in [3.63, 3.8) is 0 Å². The maximum atomic E-state index is 14.0. The maximum absolute atomic E-state index is 14.0. The van der Waals surface area contributed by atoms with Crippen LogP contribution in [0.1, 0.15) is 12.8 Å². The number of ether oxygens (including phenoxy) is 2. The molecule has 0 spiro atoms. The van der Waals surface area contributed by atoms with Crippen molar-refractivity contribution >= 4 is 33.7 Å². The van der Waals surface area contributed by atoms with Crippen LogP contribution < -0.4 is 19.5 Å². The molecule has 3 aromatic carbocycles. The lowest BCUT2D eigenvalue weighted by Crippen LogP contribution is -2.32. The van der Waals surface area contributed by atoms with Gasteiger partial charge in [0, 0.05) is 23.0 Å². The summed E-state index contributed by atoms with van der Waals surface area (Å²) in [7, 11) is -0.294. The van der Waals surface area contributed by atoms with Crippen molar-refractivity contribution in [3.05, 3.63) is 84.9 Å². The third-order valence-corrected chi connectivity index (χ3v) is 8.39. The predicted octanol–water partition coefficient (Wildman–Crippen LogP) is 5.26. The van der Waals surface area contributed by atoms with E-state index >= 15 is 0 Å². The van der Waals surface area contributed by atoms with E-state index in [0.29, 0.717) is 46.9 Å². The summed E-state index contributed by atoms with van der Waals surface area (Å²) in [6.07, 6.45) is 3.71. The lowest BCUT2D eigenvalue weighted by atomic mass is 9.98. The van der Waals surface area contributed by atoms with Crippen molar-refractivity contribution < 1.29 is 32.2 Å². The molecule has 11 nitrogen and oxygen atoms in total. The number of carbonyl (C=O) groups is 1. The van der Waals surface area contributed by atoms with Gasteiger partial charge in [0.15, 0.2) is 11.5 Å². The van der Waals surface area contributed by atoms with Crippen LogP contribution >= 0.6 is 0 Å². The number of benzene rings is 3. The van der Waals surface area contributed by atoms with E-state index in [0.717, 1.165) is 37.6 Å². The van der Waals surface area contributed by atoms with Gasteiger partial charge in [0.25, 0.3) is 16.5 Å². The van der Waals surface area contributed by atoms with E-state index in [1.165, 1.54) is 24.5 Å². The molecule has 0 aliphatic carbocycles. The van der Waals surface area contributed by atoms with Crippen LogP contribution in [0.4, 0.5) is 21.6 Å². The molecule has 1 aliphatic rings. The van der Waals surface area contributed by atoms with Crippen LogP contribution in [0.3, 0.4) is 0 Å². The number of sulfonamides is 1. The van der Waals surface area contributed by atoms with Gasteiger partial charge in [0.2, 0.25) is 0 Å². The van der Waals surface area contributed by atoms with Crippen molar-refractivity contribution in [2.45, 2.75) is 17.7 Å². The van der Waals surface area contributed by atoms with E-state index in [4.69, 9.17) is 19.4 Å². The number of nitrogens with zero attached hydrogens (tertiary/aromatic N) is 3. The molecule has 2 heterocycles. The van der Waals surface area contributed by atoms with Gasteiger partial charge in [-0.2, -0.15) is 0 Å². The van der Waals surface area contributed by atoms with E-state index in [9.17, 15) is 12.8 Å². The van der Waals surface area contributed by atoms with Crippen LogP contribution in [0.25, 0.3) is 11.3 Å². The average Bonchev–Trinajstić information content (AvgIpc) is 3.02. The van der Waals surface area contributed by atoms with Gasteiger partial charge < -0.3 is 24.8 Å². The molecule has 232 valence electrons. The summed E-state index contributed by atoms with van der Waals surface area (Å²) in [6, 6.07) is 19.3. The highest BCUT2D eigenvalue weighted by molar-refractivity contribution is 7.92. The van der Waals surface area contributed by atoms with Gasteiger partial charge in [-0.3, -0.25) is 9.52 Å². The summed E-state index contributed by atoms with van der Waals surface area (Å²) in [5, 5.41) is 10.1. The Labute approximate surface area is 255 Å². The molecule has 0 amide bonds. The predicted molar refractivity (Wildman–Crippen MR) is 165 cm³/mol. The van der Waals surface area contributed by atoms with Crippen molar-refractivity contribution in [1.29, 1.82) is 0 Å². The first-order valence-electron chi connectivity index (χ1n) is 13.8. The molecule has 1 saturated heterocycles. The summed E-state index contributed by atoms with van der Waals surface area (Å²) in [6.45, 7) is 2.59. The van der Waals surface area contributed by atoms with Gasteiger partial charge in [-0.25, -0.2) is 22.8 Å². The highest BCUT2D eigenvalue weighted by atomic mass is 32.2. The summed E-state index contributed by atoms with van der Waals surface area (Å²) in [5.74, 6) is 1.61. The molecule has 0 bridgehead atoms. The molecule has 1 fully saturated rings. The molecule has 3 N–H and O–H groups in total. The Bertz CT molecular complexity index is 1650. The Balaban J connectivity index is 0.00000141. The Hall–Kier alpha value is -4.75. The molecular formula is C31H34FN5O6S. The van der Waals surface area contributed by atoms with Gasteiger partial charge in [0.05, 0.1) is 19.4 Å². The number of hydrogen-bond donors (Lipinski definition) is 3. The summed E-state index contributed by atoms with van der Waals surface area (Å²) < 4.78 is 53.2. The second-order valence-corrected chi connectivity index (χ2v) is 11.7. The minimum absolute atomic E-state index is 0.250. The van der Waals surface area contributed by atoms with Crippen LogP contribution in [0.15, 0.2) is 84.0 Å². The fourth-order valence-electron chi connectivity index (χ4n) is 4.61. The number of likely N-dealkylation sites (tertiary alicyclic amines) is 1. The molecule has 0 radical (unpaired) electrons. The zero-order chi connectivity index (χ0) is 31.5. The molecule has 0 saturated carbocycles. The monoisotopic (exact) mass is 623 g/mol. The second-order valence-electron chi connectivity index (χ2n) is 10.1. The highest BCUT2D eigenvalue weighted by Crippen LogP contribution is 2.33. The smallest absolute Gasteiger partial charge is 0.290 e. The van der Waals surface area contributed by atoms with Gasteiger partial charge >= 0.3 is 0 Å². The fourth-order valence-corrected chi connectivity index (χ4v) is 5.75. The standard InChI is InChI=1S/C30H32FN5O4S.CH2O2/c1-36-15-13-21(14-16-36)19-40-27-12-7-22(17-28(27)39-2)26-18-30(33-20-32-26)34-23-8-10-24(11-9-23)35-41(37,38)29-6-4-3-5-25(29)31;2-1-3/h3-12,17-18,20-21,35H,13-16,19H2,1-2H3,(H,32,33,34);1H,(H,2,3). The normalized spacial score (nSPS) is 13.7. The van der Waals surface area contributed by atoms with Gasteiger partial charge in [-0.1, -0.05) is 12.1 Å². The van der Waals surface area contributed by atoms with E-state index in [1.807, 2.05) is 24.3 Å². The molecule has 13 heteroatoms. The summed E-state index contributed by atoms with van der Waals surface area (Å²) in [4.78, 5) is 19.0. The van der Waals surface area contributed by atoms with Crippen LogP contribution in [0.2, 0.25) is 0 Å². The lowest BCUT2D eigenvalue weighted by Gasteiger charge is -2.28. The third-order valence-electron chi connectivity index (χ3n) is 6.97. The maximum Gasteiger partial charge on any atom is 0.290 e. The SMILES string of the molecule is COc1cc(-c2cc(Nc3ccc(NS(=O)(=O)c4ccccc4F)cc3)ncn2)ccc1OCC1CCN(C)CC1.O=CO. The number of rotatable bonds is 10. The lowest BCUT2D eigenvalue weighted by molar-refractivity contribution is -0.122. The average molecular weight is 624 g/mol. The quantitative estimate of drug-likeness (QED) is 0.200. The minimum atomic E-state index is -4.06. The molecule has 44 heavy (non-hydrogen) atoms.